The van der Waals surface area contributed by atoms with E-state index in [9.17, 15) is 9.59 Å². The number of hydrogen-bond donors (Lipinski definition) is 3. The lowest BCUT2D eigenvalue weighted by Crippen LogP contribution is -2.06. The molecule has 0 aliphatic carbocycles. The van der Waals surface area contributed by atoms with Gasteiger partial charge in [-0.1, -0.05) is 12.1 Å². The third-order valence-electron chi connectivity index (χ3n) is 1.99. The molecule has 0 fully saturated rings. The molecular formula is C10H9N3O2. The van der Waals surface area contributed by atoms with E-state index in [1.807, 2.05) is 0 Å². The molecule has 0 radical (unpaired) electrons. The van der Waals surface area contributed by atoms with Gasteiger partial charge in [-0.2, -0.15) is 0 Å². The van der Waals surface area contributed by atoms with Gasteiger partial charge in [0.25, 0.3) is 0 Å². The summed E-state index contributed by atoms with van der Waals surface area (Å²) in [5, 5.41) is 0. The number of benzene rings is 1. The number of carbonyl (C=O) groups is 1. The van der Waals surface area contributed by atoms with Gasteiger partial charge in [-0.25, -0.2) is 4.79 Å². The van der Waals surface area contributed by atoms with Crippen LogP contribution in [0.25, 0.3) is 0 Å². The molecule has 0 saturated heterocycles. The molecule has 0 spiro atoms. The molecule has 1 aromatic heterocycles. The number of aromatic amines is 2. The minimum absolute atomic E-state index is 0.227. The van der Waals surface area contributed by atoms with E-state index in [0.717, 1.165) is 0 Å². The number of H-pyrrole nitrogens is 2. The molecule has 0 aliphatic rings. The Morgan fingerprint density at radius 1 is 1.33 bits per heavy atom. The molecule has 5 heteroatoms. The second kappa shape index (κ2) is 3.45. The Morgan fingerprint density at radius 2 is 2.13 bits per heavy atom. The number of imidazole rings is 1. The van der Waals surface area contributed by atoms with Gasteiger partial charge in [-0.15, -0.1) is 0 Å². The van der Waals surface area contributed by atoms with Gasteiger partial charge in [0.2, 0.25) is 5.78 Å². The van der Waals surface area contributed by atoms with Gasteiger partial charge in [0, 0.05) is 17.4 Å². The number of aromatic nitrogens is 2. The number of nitrogen functional groups attached to an aromatic ring is 1. The van der Waals surface area contributed by atoms with Gasteiger partial charge in [-0.05, 0) is 12.1 Å². The van der Waals surface area contributed by atoms with Crippen LogP contribution in [0, 0.1) is 0 Å². The van der Waals surface area contributed by atoms with Crippen LogP contribution in [-0.2, 0) is 0 Å². The normalized spacial score (nSPS) is 10.1. The van der Waals surface area contributed by atoms with E-state index in [1.165, 1.54) is 6.20 Å². The summed E-state index contributed by atoms with van der Waals surface area (Å²) in [4.78, 5) is 27.3. The van der Waals surface area contributed by atoms with E-state index < -0.39 is 5.69 Å². The molecule has 5 nitrogen and oxygen atoms in total. The Bertz CT molecular complexity index is 554. The van der Waals surface area contributed by atoms with Crippen LogP contribution in [0.3, 0.4) is 0 Å². The summed E-state index contributed by atoms with van der Waals surface area (Å²) in [6.45, 7) is 0. The number of hydrogen-bond acceptors (Lipinski definition) is 3. The van der Waals surface area contributed by atoms with Crippen LogP contribution in [0.15, 0.2) is 35.3 Å². The Balaban J connectivity index is 2.40. The number of anilines is 1. The van der Waals surface area contributed by atoms with Crippen LogP contribution < -0.4 is 11.4 Å². The Hall–Kier alpha value is -2.30. The van der Waals surface area contributed by atoms with Crippen molar-refractivity contribution < 1.29 is 4.79 Å². The average molecular weight is 203 g/mol. The first-order valence-corrected chi connectivity index (χ1v) is 4.35. The maximum Gasteiger partial charge on any atom is 0.323 e. The predicted molar refractivity (Wildman–Crippen MR) is 55.7 cm³/mol. The SMILES string of the molecule is Nc1cccc(C(=O)c2c[nH]c(=O)[nH]2)c1. The van der Waals surface area contributed by atoms with E-state index in [2.05, 4.69) is 9.97 Å². The lowest BCUT2D eigenvalue weighted by atomic mass is 10.1. The fraction of sp³-hybridized carbons (Fsp3) is 0. The van der Waals surface area contributed by atoms with Crippen LogP contribution in [0.5, 0.6) is 0 Å². The third kappa shape index (κ3) is 1.80. The first kappa shape index (κ1) is 9.26. The van der Waals surface area contributed by atoms with E-state index >= 15 is 0 Å². The molecule has 0 unspecified atom stereocenters. The van der Waals surface area contributed by atoms with E-state index in [4.69, 9.17) is 5.73 Å². The number of carbonyl (C=O) groups excluding carboxylic acids is 1. The molecule has 1 aromatic carbocycles. The smallest absolute Gasteiger partial charge is 0.323 e. The molecule has 0 atom stereocenters. The molecule has 4 N–H and O–H groups in total. The van der Waals surface area contributed by atoms with Crippen molar-refractivity contribution in [3.63, 3.8) is 0 Å². The number of nitrogens with one attached hydrogen (secondary N) is 2. The lowest BCUT2D eigenvalue weighted by molar-refractivity contribution is 0.103. The molecule has 1 heterocycles. The highest BCUT2D eigenvalue weighted by molar-refractivity contribution is 6.07. The van der Waals surface area contributed by atoms with Crippen LogP contribution in [0.4, 0.5) is 5.69 Å². The minimum atomic E-state index is -0.401. The highest BCUT2D eigenvalue weighted by Gasteiger charge is 2.10. The summed E-state index contributed by atoms with van der Waals surface area (Å²) in [7, 11) is 0. The topological polar surface area (TPSA) is 91.7 Å². The number of ketones is 1. The Morgan fingerprint density at radius 3 is 2.73 bits per heavy atom. The highest BCUT2D eigenvalue weighted by Crippen LogP contribution is 2.10. The predicted octanol–water partition coefficient (Wildman–Crippen LogP) is 0.516. The monoisotopic (exact) mass is 203 g/mol. The van der Waals surface area contributed by atoms with Crippen LogP contribution in [0.2, 0.25) is 0 Å². The summed E-state index contributed by atoms with van der Waals surface area (Å²) >= 11 is 0. The molecule has 0 bridgehead atoms. The Labute approximate surface area is 84.9 Å². The molecule has 0 amide bonds. The summed E-state index contributed by atoms with van der Waals surface area (Å²) in [5.41, 5.74) is 6.34. The van der Waals surface area contributed by atoms with Crippen molar-refractivity contribution >= 4 is 11.5 Å². The van der Waals surface area contributed by atoms with Gasteiger partial charge in [0.05, 0.1) is 0 Å². The van der Waals surface area contributed by atoms with Gasteiger partial charge >= 0.3 is 5.69 Å². The molecular weight excluding hydrogens is 194 g/mol. The largest absolute Gasteiger partial charge is 0.399 e. The van der Waals surface area contributed by atoms with Gasteiger partial charge in [-0.3, -0.25) is 4.79 Å². The van der Waals surface area contributed by atoms with Crippen LogP contribution >= 0.6 is 0 Å². The second-order valence-electron chi connectivity index (χ2n) is 3.11. The fourth-order valence-electron chi connectivity index (χ4n) is 1.29. The van der Waals surface area contributed by atoms with Crippen molar-refractivity contribution in [3.8, 4) is 0 Å². The maximum atomic E-state index is 11.8. The number of rotatable bonds is 2. The van der Waals surface area contributed by atoms with Crippen LogP contribution in [0.1, 0.15) is 16.1 Å². The number of nitrogens with two attached hydrogens (primary N) is 1. The van der Waals surface area contributed by atoms with Gasteiger partial charge in [0.15, 0.2) is 0 Å². The van der Waals surface area contributed by atoms with Crippen LogP contribution in [-0.4, -0.2) is 15.8 Å². The van der Waals surface area contributed by atoms with Gasteiger partial charge in [0.1, 0.15) is 5.69 Å². The maximum absolute atomic E-state index is 11.8. The zero-order valence-corrected chi connectivity index (χ0v) is 7.78. The van der Waals surface area contributed by atoms with Crippen molar-refractivity contribution in [2.24, 2.45) is 0 Å². The summed E-state index contributed by atoms with van der Waals surface area (Å²) in [6, 6.07) is 6.58. The van der Waals surface area contributed by atoms with Crippen molar-refractivity contribution in [1.82, 2.24) is 9.97 Å². The average Bonchev–Trinajstić information content (AvgIpc) is 2.64. The quantitative estimate of drug-likeness (QED) is 0.490. The molecule has 0 aliphatic heterocycles. The summed E-state index contributed by atoms with van der Waals surface area (Å²) in [6.07, 6.45) is 1.34. The Kier molecular flexibility index (Phi) is 2.13. The van der Waals surface area contributed by atoms with Crippen molar-refractivity contribution in [2.45, 2.75) is 0 Å². The lowest BCUT2D eigenvalue weighted by Gasteiger charge is -1.98. The van der Waals surface area contributed by atoms with Gasteiger partial charge < -0.3 is 15.7 Å². The summed E-state index contributed by atoms with van der Waals surface area (Å²) in [5.74, 6) is -0.263. The van der Waals surface area contributed by atoms with E-state index in [1.54, 1.807) is 24.3 Å². The summed E-state index contributed by atoms with van der Waals surface area (Å²) < 4.78 is 0. The molecule has 2 aromatic rings. The standard InChI is InChI=1S/C10H9N3O2/c11-7-3-1-2-6(4-7)9(14)8-5-12-10(15)13-8/h1-5H,11H2,(H2,12,13,15). The first-order chi connectivity index (χ1) is 7.16. The van der Waals surface area contributed by atoms with E-state index in [0.29, 0.717) is 11.3 Å². The molecule has 0 saturated carbocycles. The van der Waals surface area contributed by atoms with Crippen molar-refractivity contribution in [3.05, 3.63) is 52.2 Å². The highest BCUT2D eigenvalue weighted by atomic mass is 16.1. The van der Waals surface area contributed by atoms with E-state index in [-0.39, 0.29) is 11.5 Å². The molecule has 76 valence electrons. The minimum Gasteiger partial charge on any atom is -0.399 e. The fourth-order valence-corrected chi connectivity index (χ4v) is 1.29. The molecule has 2 rings (SSSR count). The first-order valence-electron chi connectivity index (χ1n) is 4.35. The second-order valence-corrected chi connectivity index (χ2v) is 3.11. The van der Waals surface area contributed by atoms with Crippen molar-refractivity contribution in [1.29, 1.82) is 0 Å². The molecule has 15 heavy (non-hydrogen) atoms. The van der Waals surface area contributed by atoms with Crippen molar-refractivity contribution in [2.75, 3.05) is 5.73 Å². The zero-order chi connectivity index (χ0) is 10.8. The third-order valence-corrected chi connectivity index (χ3v) is 1.99. The zero-order valence-electron chi connectivity index (χ0n) is 7.78.